The number of fused-ring (bicyclic) bond motifs is 3. The van der Waals surface area contributed by atoms with Crippen LogP contribution in [0, 0.1) is 5.92 Å². The van der Waals surface area contributed by atoms with Gasteiger partial charge in [-0.3, -0.25) is 9.36 Å². The molecule has 0 radical (unpaired) electrons. The standard InChI is InChI=1S/C21H27N3O4S2/c1-13-4-5-15-16(11-13)30-18-17(15)19(25)24(12-14-3-2-8-27-14)20(22-18)29-10-7-23-6-9-28-21(23)26/h13-14H,2-12H2,1H3/t13-,14-/m0/s1. The quantitative estimate of drug-likeness (QED) is 0.498. The van der Waals surface area contributed by atoms with Crippen LogP contribution in [0.15, 0.2) is 9.95 Å². The Morgan fingerprint density at radius 3 is 2.93 bits per heavy atom. The van der Waals surface area contributed by atoms with E-state index in [0.717, 1.165) is 54.1 Å². The highest BCUT2D eigenvalue weighted by atomic mass is 32.2. The zero-order chi connectivity index (χ0) is 20.7. The highest BCUT2D eigenvalue weighted by molar-refractivity contribution is 7.99. The van der Waals surface area contributed by atoms with Crippen molar-refractivity contribution in [3.05, 3.63) is 20.8 Å². The first-order valence-electron chi connectivity index (χ1n) is 10.8. The molecule has 9 heteroatoms. The van der Waals surface area contributed by atoms with Crippen LogP contribution in [-0.2, 0) is 28.9 Å². The van der Waals surface area contributed by atoms with Gasteiger partial charge in [-0.05, 0) is 43.6 Å². The van der Waals surface area contributed by atoms with E-state index in [-0.39, 0.29) is 17.8 Å². The Labute approximate surface area is 183 Å². The molecular weight excluding hydrogens is 422 g/mol. The molecule has 3 aliphatic rings. The van der Waals surface area contributed by atoms with Gasteiger partial charge < -0.3 is 14.4 Å². The molecule has 2 aliphatic heterocycles. The number of aryl methyl sites for hydroxylation is 1. The van der Waals surface area contributed by atoms with Gasteiger partial charge >= 0.3 is 6.09 Å². The largest absolute Gasteiger partial charge is 0.448 e. The molecule has 30 heavy (non-hydrogen) atoms. The SMILES string of the molecule is C[C@H]1CCc2c(sc3nc(SCCN4CCOC4=O)n(C[C@@H]4CCCO4)c(=O)c23)C1. The van der Waals surface area contributed by atoms with E-state index in [2.05, 4.69) is 6.92 Å². The normalized spacial score (nSPS) is 23.9. The van der Waals surface area contributed by atoms with E-state index >= 15 is 0 Å². The average molecular weight is 450 g/mol. The van der Waals surface area contributed by atoms with Gasteiger partial charge in [-0.15, -0.1) is 11.3 Å². The number of ether oxygens (including phenoxy) is 2. The first kappa shape index (κ1) is 20.3. The number of hydrogen-bond acceptors (Lipinski definition) is 7. The van der Waals surface area contributed by atoms with Crippen LogP contribution in [0.3, 0.4) is 0 Å². The lowest BCUT2D eigenvalue weighted by molar-refractivity contribution is 0.0937. The van der Waals surface area contributed by atoms with E-state index in [0.29, 0.717) is 37.9 Å². The van der Waals surface area contributed by atoms with Gasteiger partial charge in [0, 0.05) is 23.8 Å². The van der Waals surface area contributed by atoms with Crippen LogP contribution in [-0.4, -0.2) is 58.7 Å². The molecule has 1 aliphatic carbocycles. The lowest BCUT2D eigenvalue weighted by Crippen LogP contribution is -2.30. The average Bonchev–Trinajstić information content (AvgIpc) is 3.45. The van der Waals surface area contributed by atoms with E-state index in [1.54, 1.807) is 28.0 Å². The topological polar surface area (TPSA) is 73.7 Å². The Kier molecular flexibility index (Phi) is 5.77. The van der Waals surface area contributed by atoms with Gasteiger partial charge in [0.1, 0.15) is 11.4 Å². The number of thiophene rings is 1. The van der Waals surface area contributed by atoms with Gasteiger partial charge in [0.2, 0.25) is 0 Å². The fraction of sp³-hybridized carbons (Fsp3) is 0.667. The predicted octanol–water partition coefficient (Wildman–Crippen LogP) is 3.31. The molecule has 0 spiro atoms. The summed E-state index contributed by atoms with van der Waals surface area (Å²) in [5.41, 5.74) is 1.30. The zero-order valence-electron chi connectivity index (χ0n) is 17.2. The van der Waals surface area contributed by atoms with Crippen molar-refractivity contribution in [1.82, 2.24) is 14.5 Å². The Hall–Kier alpha value is -1.58. The Balaban J connectivity index is 1.47. The van der Waals surface area contributed by atoms with Gasteiger partial charge in [0.25, 0.3) is 5.56 Å². The van der Waals surface area contributed by atoms with Crippen LogP contribution in [0.4, 0.5) is 4.79 Å². The third-order valence-corrected chi connectivity index (χ3v) is 8.33. The van der Waals surface area contributed by atoms with Gasteiger partial charge in [-0.25, -0.2) is 9.78 Å². The van der Waals surface area contributed by atoms with Gasteiger partial charge in [-0.1, -0.05) is 18.7 Å². The van der Waals surface area contributed by atoms with E-state index in [9.17, 15) is 9.59 Å². The number of carbonyl (C=O) groups is 1. The number of aromatic nitrogens is 2. The molecule has 7 nitrogen and oxygen atoms in total. The smallest absolute Gasteiger partial charge is 0.409 e. The molecule has 0 saturated carbocycles. The van der Waals surface area contributed by atoms with Crippen molar-refractivity contribution in [3.8, 4) is 0 Å². The van der Waals surface area contributed by atoms with Gasteiger partial charge in [0.05, 0.1) is 24.6 Å². The van der Waals surface area contributed by atoms with Crippen LogP contribution in [0.2, 0.25) is 0 Å². The molecule has 1 amide bonds. The Morgan fingerprint density at radius 2 is 2.17 bits per heavy atom. The fourth-order valence-corrected chi connectivity index (χ4v) is 6.94. The van der Waals surface area contributed by atoms with Crippen molar-refractivity contribution in [1.29, 1.82) is 0 Å². The lowest BCUT2D eigenvalue weighted by atomic mass is 9.89. The fourth-order valence-electron chi connectivity index (χ4n) is 4.54. The van der Waals surface area contributed by atoms with Gasteiger partial charge in [0.15, 0.2) is 5.16 Å². The molecule has 2 aromatic heterocycles. The zero-order valence-corrected chi connectivity index (χ0v) is 18.9. The van der Waals surface area contributed by atoms with E-state index in [4.69, 9.17) is 14.5 Å². The second kappa shape index (κ2) is 8.51. The van der Waals surface area contributed by atoms with Crippen molar-refractivity contribution in [2.24, 2.45) is 5.92 Å². The molecule has 5 rings (SSSR count). The lowest BCUT2D eigenvalue weighted by Gasteiger charge is -2.18. The highest BCUT2D eigenvalue weighted by Gasteiger charge is 2.27. The molecule has 0 unspecified atom stereocenters. The first-order valence-corrected chi connectivity index (χ1v) is 12.6. The second-order valence-corrected chi connectivity index (χ2v) is 10.6. The van der Waals surface area contributed by atoms with Crippen molar-refractivity contribution in [3.63, 3.8) is 0 Å². The summed E-state index contributed by atoms with van der Waals surface area (Å²) in [5, 5.41) is 1.56. The van der Waals surface area contributed by atoms with Crippen molar-refractivity contribution >= 4 is 39.4 Å². The molecule has 0 aromatic carbocycles. The minimum Gasteiger partial charge on any atom is -0.448 e. The number of rotatable bonds is 6. The Bertz CT molecular complexity index is 1010. The first-order chi connectivity index (χ1) is 14.6. The minimum absolute atomic E-state index is 0.0735. The Morgan fingerprint density at radius 1 is 1.27 bits per heavy atom. The van der Waals surface area contributed by atoms with Crippen molar-refractivity contribution in [2.45, 2.75) is 56.8 Å². The van der Waals surface area contributed by atoms with E-state index < -0.39 is 0 Å². The predicted molar refractivity (Wildman–Crippen MR) is 118 cm³/mol. The van der Waals surface area contributed by atoms with Gasteiger partial charge in [-0.2, -0.15) is 0 Å². The van der Waals surface area contributed by atoms with E-state index in [1.165, 1.54) is 10.4 Å². The molecule has 2 saturated heterocycles. The number of thioether (sulfide) groups is 1. The maximum atomic E-state index is 13.6. The third kappa shape index (κ3) is 3.87. The summed E-state index contributed by atoms with van der Waals surface area (Å²) in [6.07, 6.45) is 4.98. The summed E-state index contributed by atoms with van der Waals surface area (Å²) in [6, 6.07) is 0. The molecule has 0 bridgehead atoms. The second-order valence-electron chi connectivity index (χ2n) is 8.43. The summed E-state index contributed by atoms with van der Waals surface area (Å²) in [5.74, 6) is 1.34. The van der Waals surface area contributed by atoms with Crippen LogP contribution in [0.1, 0.15) is 36.6 Å². The minimum atomic E-state index is -0.254. The summed E-state index contributed by atoms with van der Waals surface area (Å²) in [7, 11) is 0. The van der Waals surface area contributed by atoms with Crippen LogP contribution in [0.25, 0.3) is 10.2 Å². The van der Waals surface area contributed by atoms with Crippen molar-refractivity contribution in [2.75, 3.05) is 32.1 Å². The molecule has 4 heterocycles. The van der Waals surface area contributed by atoms with Crippen LogP contribution >= 0.6 is 23.1 Å². The molecule has 2 fully saturated rings. The number of carbonyl (C=O) groups excluding carboxylic acids is 1. The maximum absolute atomic E-state index is 13.6. The number of nitrogens with zero attached hydrogens (tertiary/aromatic N) is 3. The number of amides is 1. The maximum Gasteiger partial charge on any atom is 0.409 e. The van der Waals surface area contributed by atoms with Crippen LogP contribution < -0.4 is 5.56 Å². The highest BCUT2D eigenvalue weighted by Crippen LogP contribution is 2.36. The summed E-state index contributed by atoms with van der Waals surface area (Å²) >= 11 is 3.24. The molecule has 2 aromatic rings. The summed E-state index contributed by atoms with van der Waals surface area (Å²) in [6.45, 7) is 5.27. The third-order valence-electron chi connectivity index (χ3n) is 6.23. The number of hydrogen-bond donors (Lipinski definition) is 0. The monoisotopic (exact) mass is 449 g/mol. The summed E-state index contributed by atoms with van der Waals surface area (Å²) < 4.78 is 12.7. The molecular formula is C21H27N3O4S2. The number of cyclic esters (lactones) is 1. The summed E-state index contributed by atoms with van der Waals surface area (Å²) in [4.78, 5) is 34.1. The molecule has 0 N–H and O–H groups in total. The van der Waals surface area contributed by atoms with E-state index in [1.807, 2.05) is 4.57 Å². The molecule has 162 valence electrons. The molecule has 2 atom stereocenters. The van der Waals surface area contributed by atoms with Crippen LogP contribution in [0.5, 0.6) is 0 Å². The van der Waals surface area contributed by atoms with Crippen molar-refractivity contribution < 1.29 is 14.3 Å².